The van der Waals surface area contributed by atoms with Crippen LogP contribution >= 0.6 is 0 Å². The third kappa shape index (κ3) is 5.38. The molecule has 0 bridgehead atoms. The molecular formula is C17H25NO3. The van der Waals surface area contributed by atoms with Gasteiger partial charge in [-0.05, 0) is 37.5 Å². The van der Waals surface area contributed by atoms with Crippen LogP contribution < -0.4 is 10.1 Å². The van der Waals surface area contributed by atoms with E-state index in [-0.39, 0.29) is 12.5 Å². The van der Waals surface area contributed by atoms with Crippen molar-refractivity contribution < 1.29 is 14.6 Å². The number of carbonyl (C=O) groups excluding carboxylic acids is 1. The van der Waals surface area contributed by atoms with Gasteiger partial charge in [-0.15, -0.1) is 0 Å². The van der Waals surface area contributed by atoms with Crippen molar-refractivity contribution in [3.8, 4) is 5.75 Å². The number of hydrogen-bond donors (Lipinski definition) is 2. The predicted molar refractivity (Wildman–Crippen MR) is 82.2 cm³/mol. The van der Waals surface area contributed by atoms with Crippen LogP contribution in [-0.4, -0.2) is 23.7 Å². The van der Waals surface area contributed by atoms with Crippen molar-refractivity contribution >= 4 is 5.91 Å². The van der Waals surface area contributed by atoms with Gasteiger partial charge in [0.05, 0.1) is 6.10 Å². The summed E-state index contributed by atoms with van der Waals surface area (Å²) < 4.78 is 5.51. The zero-order valence-corrected chi connectivity index (χ0v) is 12.7. The summed E-state index contributed by atoms with van der Waals surface area (Å²) in [6, 6.07) is 7.52. The topological polar surface area (TPSA) is 58.6 Å². The molecule has 2 N–H and O–H groups in total. The van der Waals surface area contributed by atoms with Gasteiger partial charge in [0.2, 0.25) is 0 Å². The number of rotatable bonds is 5. The molecule has 0 spiro atoms. The molecule has 4 heteroatoms. The van der Waals surface area contributed by atoms with Crippen molar-refractivity contribution in [2.45, 2.75) is 57.6 Å². The predicted octanol–water partition coefficient (Wildman–Crippen LogP) is 2.96. The van der Waals surface area contributed by atoms with Gasteiger partial charge >= 0.3 is 0 Å². The maximum Gasteiger partial charge on any atom is 0.258 e. The second-order valence-corrected chi connectivity index (χ2v) is 5.79. The lowest BCUT2D eigenvalue weighted by atomic mass is 10.1. The van der Waals surface area contributed by atoms with E-state index < -0.39 is 6.10 Å². The van der Waals surface area contributed by atoms with Crippen molar-refractivity contribution in [3.05, 3.63) is 29.8 Å². The Morgan fingerprint density at radius 3 is 2.71 bits per heavy atom. The van der Waals surface area contributed by atoms with Crippen LogP contribution in [0.4, 0.5) is 0 Å². The molecule has 1 atom stereocenters. The average molecular weight is 291 g/mol. The largest absolute Gasteiger partial charge is 0.484 e. The van der Waals surface area contributed by atoms with E-state index in [2.05, 4.69) is 5.32 Å². The lowest BCUT2D eigenvalue weighted by Gasteiger charge is -2.16. The van der Waals surface area contributed by atoms with Crippen LogP contribution in [0.5, 0.6) is 5.75 Å². The Morgan fingerprint density at radius 2 is 2.05 bits per heavy atom. The highest BCUT2D eigenvalue weighted by molar-refractivity contribution is 5.77. The second kappa shape index (κ2) is 8.03. The highest BCUT2D eigenvalue weighted by Crippen LogP contribution is 2.19. The fourth-order valence-electron chi connectivity index (χ4n) is 2.71. The number of hydrogen-bond acceptors (Lipinski definition) is 3. The molecule has 1 aliphatic rings. The third-order valence-electron chi connectivity index (χ3n) is 3.93. The lowest BCUT2D eigenvalue weighted by Crippen LogP contribution is -2.37. The van der Waals surface area contributed by atoms with Gasteiger partial charge in [-0.1, -0.05) is 37.8 Å². The minimum Gasteiger partial charge on any atom is -0.484 e. The van der Waals surface area contributed by atoms with Crippen LogP contribution in [0, 0.1) is 0 Å². The third-order valence-corrected chi connectivity index (χ3v) is 3.93. The summed E-state index contributed by atoms with van der Waals surface area (Å²) in [7, 11) is 0. The molecular weight excluding hydrogens is 266 g/mol. The van der Waals surface area contributed by atoms with Gasteiger partial charge in [-0.25, -0.2) is 0 Å². The van der Waals surface area contributed by atoms with Crippen molar-refractivity contribution in [1.82, 2.24) is 5.32 Å². The van der Waals surface area contributed by atoms with Gasteiger partial charge in [-0.3, -0.25) is 4.79 Å². The highest BCUT2D eigenvalue weighted by Gasteiger charge is 2.15. The quantitative estimate of drug-likeness (QED) is 0.820. The van der Waals surface area contributed by atoms with Crippen molar-refractivity contribution in [2.24, 2.45) is 0 Å². The average Bonchev–Trinajstić information content (AvgIpc) is 2.74. The molecule has 0 heterocycles. The molecule has 1 aliphatic carbocycles. The first-order valence-corrected chi connectivity index (χ1v) is 7.85. The minimum atomic E-state index is -0.534. The molecule has 1 saturated carbocycles. The molecule has 0 saturated heterocycles. The molecule has 1 aromatic rings. The van der Waals surface area contributed by atoms with E-state index in [1.54, 1.807) is 19.1 Å². The summed E-state index contributed by atoms with van der Waals surface area (Å²) in [6.45, 7) is 1.73. The van der Waals surface area contributed by atoms with Crippen LogP contribution in [-0.2, 0) is 4.79 Å². The van der Waals surface area contributed by atoms with Gasteiger partial charge in [0.1, 0.15) is 5.75 Å². The zero-order chi connectivity index (χ0) is 15.1. The molecule has 4 nitrogen and oxygen atoms in total. The van der Waals surface area contributed by atoms with Crippen LogP contribution in [0.3, 0.4) is 0 Å². The van der Waals surface area contributed by atoms with Crippen LogP contribution in [0.25, 0.3) is 0 Å². The van der Waals surface area contributed by atoms with Gasteiger partial charge in [0.25, 0.3) is 5.91 Å². The fourth-order valence-corrected chi connectivity index (χ4v) is 2.71. The summed E-state index contributed by atoms with van der Waals surface area (Å²) in [4.78, 5) is 11.9. The van der Waals surface area contributed by atoms with E-state index in [1.807, 2.05) is 12.1 Å². The van der Waals surface area contributed by atoms with Crippen molar-refractivity contribution in [2.75, 3.05) is 6.61 Å². The Balaban J connectivity index is 1.79. The Bertz CT molecular complexity index is 451. The summed E-state index contributed by atoms with van der Waals surface area (Å²) in [5.41, 5.74) is 0.789. The summed E-state index contributed by atoms with van der Waals surface area (Å²) in [5.74, 6) is 0.550. The zero-order valence-electron chi connectivity index (χ0n) is 12.7. The monoisotopic (exact) mass is 291 g/mol. The van der Waals surface area contributed by atoms with Gasteiger partial charge < -0.3 is 15.2 Å². The van der Waals surface area contributed by atoms with Crippen molar-refractivity contribution in [1.29, 1.82) is 0 Å². The number of carbonyl (C=O) groups is 1. The maximum absolute atomic E-state index is 11.9. The van der Waals surface area contributed by atoms with Crippen molar-refractivity contribution in [3.63, 3.8) is 0 Å². The van der Waals surface area contributed by atoms with Gasteiger partial charge in [-0.2, -0.15) is 0 Å². The molecule has 1 aromatic carbocycles. The molecule has 0 aliphatic heterocycles. The van der Waals surface area contributed by atoms with E-state index in [4.69, 9.17) is 4.74 Å². The summed E-state index contributed by atoms with van der Waals surface area (Å²) in [5, 5.41) is 12.6. The standard InChI is InChI=1S/C17H25NO3/c1-13(19)14-7-6-10-16(11-14)21-12-17(20)18-15-8-4-2-3-5-9-15/h6-7,10-11,13,15,19H,2-5,8-9,12H2,1H3,(H,18,20)/t13-/m1/s1. The van der Waals surface area contributed by atoms with Crippen LogP contribution in [0.15, 0.2) is 24.3 Å². The highest BCUT2D eigenvalue weighted by atomic mass is 16.5. The first-order chi connectivity index (χ1) is 10.1. The van der Waals surface area contributed by atoms with E-state index in [0.29, 0.717) is 11.8 Å². The van der Waals surface area contributed by atoms with E-state index in [0.717, 1.165) is 18.4 Å². The lowest BCUT2D eigenvalue weighted by molar-refractivity contribution is -0.123. The molecule has 21 heavy (non-hydrogen) atoms. The Kier molecular flexibility index (Phi) is 6.05. The number of aliphatic hydroxyl groups excluding tert-OH is 1. The fraction of sp³-hybridized carbons (Fsp3) is 0.588. The van der Waals surface area contributed by atoms with E-state index >= 15 is 0 Å². The number of nitrogens with one attached hydrogen (secondary N) is 1. The van der Waals surface area contributed by atoms with E-state index in [1.165, 1.54) is 25.7 Å². The molecule has 2 rings (SSSR count). The number of benzene rings is 1. The molecule has 0 aromatic heterocycles. The smallest absolute Gasteiger partial charge is 0.258 e. The van der Waals surface area contributed by atoms with Gasteiger partial charge in [0, 0.05) is 6.04 Å². The molecule has 116 valence electrons. The Hall–Kier alpha value is -1.55. The normalized spacial score (nSPS) is 17.8. The Morgan fingerprint density at radius 1 is 1.33 bits per heavy atom. The molecule has 1 fully saturated rings. The Labute approximate surface area is 126 Å². The molecule has 0 radical (unpaired) electrons. The minimum absolute atomic E-state index is 0.0275. The SMILES string of the molecule is C[C@@H](O)c1cccc(OCC(=O)NC2CCCCCC2)c1. The first kappa shape index (κ1) is 15.8. The maximum atomic E-state index is 11.9. The number of ether oxygens (including phenoxy) is 1. The molecule has 0 unspecified atom stereocenters. The second-order valence-electron chi connectivity index (χ2n) is 5.79. The van der Waals surface area contributed by atoms with Crippen LogP contribution in [0.2, 0.25) is 0 Å². The first-order valence-electron chi connectivity index (χ1n) is 7.85. The van der Waals surface area contributed by atoms with Crippen LogP contribution in [0.1, 0.15) is 57.1 Å². The van der Waals surface area contributed by atoms with Gasteiger partial charge in [0.15, 0.2) is 6.61 Å². The summed E-state index contributed by atoms with van der Waals surface area (Å²) in [6.07, 6.45) is 6.55. The number of aliphatic hydroxyl groups is 1. The van der Waals surface area contributed by atoms with E-state index in [9.17, 15) is 9.90 Å². The number of amides is 1. The molecule has 1 amide bonds. The summed E-state index contributed by atoms with van der Waals surface area (Å²) >= 11 is 0.